The number of carbonyl (C=O) groups is 1. The van der Waals surface area contributed by atoms with Crippen LogP contribution in [-0.2, 0) is 9.22 Å². The molecule has 1 rings (SSSR count). The number of Topliss-reactive ketones (excluding diaryl/α,β-unsaturated/α-hetero) is 1. The second kappa shape index (κ2) is 5.07. The van der Waals surface area contributed by atoms with Gasteiger partial charge in [0.15, 0.2) is 14.1 Å². The molecule has 0 unspecified atom stereocenters. The Bertz CT molecular complexity index is 335. The molecule has 0 saturated carbocycles. The molecule has 0 radical (unpaired) electrons. The molecule has 1 aliphatic carbocycles. The van der Waals surface area contributed by atoms with E-state index in [-0.39, 0.29) is 5.04 Å². The number of allylic oxidation sites excluding steroid dienone is 1. The van der Waals surface area contributed by atoms with Crippen molar-refractivity contribution in [2.24, 2.45) is 0 Å². The second-order valence-electron chi connectivity index (χ2n) is 6.41. The van der Waals surface area contributed by atoms with Crippen LogP contribution < -0.4 is 0 Å². The van der Waals surface area contributed by atoms with Gasteiger partial charge in [0.2, 0.25) is 0 Å². The Labute approximate surface area is 107 Å². The summed E-state index contributed by atoms with van der Waals surface area (Å²) < 4.78 is 6.19. The van der Waals surface area contributed by atoms with Crippen molar-refractivity contribution in [1.82, 2.24) is 0 Å². The van der Waals surface area contributed by atoms with Gasteiger partial charge in [-0.15, -0.1) is 0 Å². The van der Waals surface area contributed by atoms with Gasteiger partial charge in [0.25, 0.3) is 0 Å². The van der Waals surface area contributed by atoms with E-state index in [0.717, 1.165) is 18.4 Å². The van der Waals surface area contributed by atoms with Crippen molar-refractivity contribution in [3.8, 4) is 0 Å². The lowest BCUT2D eigenvalue weighted by Crippen LogP contribution is -2.41. The highest BCUT2D eigenvalue weighted by molar-refractivity contribution is 6.74. The highest BCUT2D eigenvalue weighted by Crippen LogP contribution is 2.37. The maximum atomic E-state index is 11.6. The van der Waals surface area contributed by atoms with Crippen LogP contribution in [0.15, 0.2) is 11.1 Å². The van der Waals surface area contributed by atoms with E-state index in [1.54, 1.807) is 0 Å². The van der Waals surface area contributed by atoms with Gasteiger partial charge in [0, 0.05) is 6.42 Å². The van der Waals surface area contributed by atoms with Gasteiger partial charge in [-0.1, -0.05) is 27.7 Å². The van der Waals surface area contributed by atoms with Crippen LogP contribution in [0.4, 0.5) is 0 Å². The lowest BCUT2D eigenvalue weighted by atomic mass is 10.1. The third-order valence-electron chi connectivity index (χ3n) is 4.18. The Morgan fingerprint density at radius 3 is 2.29 bits per heavy atom. The molecule has 0 aliphatic heterocycles. The molecule has 2 nitrogen and oxygen atoms in total. The lowest BCUT2D eigenvalue weighted by molar-refractivity contribution is -0.115. The highest BCUT2D eigenvalue weighted by Gasteiger charge is 2.37. The first-order valence-corrected chi connectivity index (χ1v) is 9.48. The predicted molar refractivity (Wildman–Crippen MR) is 74.7 cm³/mol. The van der Waals surface area contributed by atoms with E-state index >= 15 is 0 Å². The van der Waals surface area contributed by atoms with E-state index in [2.05, 4.69) is 40.8 Å². The quantitative estimate of drug-likeness (QED) is 0.707. The molecule has 0 aromatic rings. The molecule has 98 valence electrons. The second-order valence-corrected chi connectivity index (χ2v) is 11.2. The van der Waals surface area contributed by atoms with Crippen molar-refractivity contribution < 1.29 is 9.22 Å². The maximum Gasteiger partial charge on any atom is 0.192 e. The Kier molecular flexibility index (Phi) is 4.36. The molecule has 17 heavy (non-hydrogen) atoms. The minimum absolute atomic E-state index is 0.239. The fraction of sp³-hybridized carbons (Fsp3) is 0.786. The van der Waals surface area contributed by atoms with Crippen LogP contribution in [0.2, 0.25) is 18.1 Å². The van der Waals surface area contributed by atoms with E-state index in [9.17, 15) is 4.79 Å². The summed E-state index contributed by atoms with van der Waals surface area (Å²) in [5.74, 6) is 0.335. The summed E-state index contributed by atoms with van der Waals surface area (Å²) in [5.41, 5.74) is 2.28. The number of hydrogen-bond acceptors (Lipinski definition) is 2. The van der Waals surface area contributed by atoms with Crippen molar-refractivity contribution in [3.63, 3.8) is 0 Å². The van der Waals surface area contributed by atoms with Crippen LogP contribution >= 0.6 is 0 Å². The van der Waals surface area contributed by atoms with Gasteiger partial charge in [0.1, 0.15) is 0 Å². The molecule has 0 fully saturated rings. The smallest absolute Gasteiger partial charge is 0.192 e. The SMILES string of the molecule is CCC1=C(CO[Si](C)(C)C(C)(C)C)CCC1=O. The zero-order valence-electron chi connectivity index (χ0n) is 12.1. The van der Waals surface area contributed by atoms with Crippen LogP contribution in [0.3, 0.4) is 0 Å². The molecule has 0 N–H and O–H groups in total. The van der Waals surface area contributed by atoms with E-state index in [0.29, 0.717) is 18.8 Å². The maximum absolute atomic E-state index is 11.6. The largest absolute Gasteiger partial charge is 0.413 e. The third-order valence-corrected chi connectivity index (χ3v) is 8.66. The molecule has 0 aromatic heterocycles. The average Bonchev–Trinajstić information content (AvgIpc) is 2.54. The predicted octanol–water partition coefficient (Wildman–Crippen LogP) is 4.08. The number of ketones is 1. The first-order valence-electron chi connectivity index (χ1n) is 6.57. The number of carbonyl (C=O) groups excluding carboxylic acids is 1. The average molecular weight is 254 g/mol. The van der Waals surface area contributed by atoms with Gasteiger partial charge in [-0.25, -0.2) is 0 Å². The van der Waals surface area contributed by atoms with Crippen molar-refractivity contribution >= 4 is 14.1 Å². The molecule has 0 heterocycles. The van der Waals surface area contributed by atoms with Gasteiger partial charge in [-0.2, -0.15) is 0 Å². The van der Waals surface area contributed by atoms with Crippen LogP contribution in [0.25, 0.3) is 0 Å². The first kappa shape index (κ1) is 14.6. The van der Waals surface area contributed by atoms with Gasteiger partial charge >= 0.3 is 0 Å². The van der Waals surface area contributed by atoms with Gasteiger partial charge in [0.05, 0.1) is 6.61 Å². The van der Waals surface area contributed by atoms with E-state index < -0.39 is 8.32 Å². The summed E-state index contributed by atoms with van der Waals surface area (Å²) in [6.45, 7) is 14.0. The summed E-state index contributed by atoms with van der Waals surface area (Å²) in [4.78, 5) is 11.6. The minimum Gasteiger partial charge on any atom is -0.413 e. The molecule has 0 spiro atoms. The Balaban J connectivity index is 2.69. The van der Waals surface area contributed by atoms with Crippen molar-refractivity contribution in [3.05, 3.63) is 11.1 Å². The summed E-state index contributed by atoms with van der Waals surface area (Å²) in [7, 11) is -1.68. The summed E-state index contributed by atoms with van der Waals surface area (Å²) >= 11 is 0. The molecular weight excluding hydrogens is 228 g/mol. The molecule has 0 amide bonds. The first-order chi connectivity index (χ1) is 7.69. The topological polar surface area (TPSA) is 26.3 Å². The summed E-state index contributed by atoms with van der Waals surface area (Å²) in [6, 6.07) is 0. The zero-order valence-corrected chi connectivity index (χ0v) is 13.1. The Morgan fingerprint density at radius 2 is 1.82 bits per heavy atom. The van der Waals surface area contributed by atoms with E-state index in [1.165, 1.54) is 5.57 Å². The highest BCUT2D eigenvalue weighted by atomic mass is 28.4. The normalized spacial score (nSPS) is 18.1. The summed E-state index contributed by atoms with van der Waals surface area (Å²) in [5, 5.41) is 0.239. The lowest BCUT2D eigenvalue weighted by Gasteiger charge is -2.36. The number of hydrogen-bond donors (Lipinski definition) is 0. The van der Waals surface area contributed by atoms with Crippen molar-refractivity contribution in [2.75, 3.05) is 6.61 Å². The Morgan fingerprint density at radius 1 is 1.24 bits per heavy atom. The van der Waals surface area contributed by atoms with Gasteiger partial charge in [-0.3, -0.25) is 4.79 Å². The molecule has 0 bridgehead atoms. The van der Waals surface area contributed by atoms with Crippen LogP contribution in [0, 0.1) is 0 Å². The van der Waals surface area contributed by atoms with Gasteiger partial charge in [-0.05, 0) is 42.1 Å². The molecule has 0 atom stereocenters. The van der Waals surface area contributed by atoms with Crippen molar-refractivity contribution in [1.29, 1.82) is 0 Å². The van der Waals surface area contributed by atoms with Crippen molar-refractivity contribution in [2.45, 2.75) is 65.1 Å². The molecule has 0 saturated heterocycles. The zero-order chi connectivity index (χ0) is 13.3. The summed E-state index contributed by atoms with van der Waals surface area (Å²) in [6.07, 6.45) is 2.46. The Hall–Kier alpha value is -0.413. The van der Waals surface area contributed by atoms with Crippen LogP contribution in [0.5, 0.6) is 0 Å². The van der Waals surface area contributed by atoms with Crippen LogP contribution in [0.1, 0.15) is 47.0 Å². The monoisotopic (exact) mass is 254 g/mol. The van der Waals surface area contributed by atoms with E-state index in [1.807, 2.05) is 0 Å². The number of rotatable bonds is 4. The fourth-order valence-electron chi connectivity index (χ4n) is 1.85. The van der Waals surface area contributed by atoms with Gasteiger partial charge < -0.3 is 4.43 Å². The fourth-order valence-corrected chi connectivity index (χ4v) is 2.82. The minimum atomic E-state index is -1.68. The van der Waals surface area contributed by atoms with Crippen LogP contribution in [-0.4, -0.2) is 20.7 Å². The molecule has 1 aliphatic rings. The molecule has 0 aromatic carbocycles. The van der Waals surface area contributed by atoms with E-state index in [4.69, 9.17) is 4.43 Å². The standard InChI is InChI=1S/C14H26O2Si/c1-7-12-11(8-9-13(12)15)10-16-17(5,6)14(2,3)4/h7-10H2,1-6H3. The molecule has 3 heteroatoms. The third kappa shape index (κ3) is 3.29. The molecular formula is C14H26O2Si.